The SMILES string of the molecule is CC(C)O[Si](CCCN=C=O)(OC(C)C)OC(C)C. The number of rotatable bonds is 10. The van der Waals surface area contributed by atoms with Crippen molar-refractivity contribution in [1.29, 1.82) is 0 Å². The second-order valence-corrected chi connectivity index (χ2v) is 7.83. The lowest BCUT2D eigenvalue weighted by atomic mass is 10.5. The fourth-order valence-corrected chi connectivity index (χ4v) is 5.02. The largest absolute Gasteiger partial charge is 0.501 e. The van der Waals surface area contributed by atoms with Gasteiger partial charge in [-0.3, -0.25) is 0 Å². The first-order chi connectivity index (χ1) is 8.81. The summed E-state index contributed by atoms with van der Waals surface area (Å²) in [5.74, 6) is 0. The lowest BCUT2D eigenvalue weighted by Crippen LogP contribution is -2.50. The molecule has 0 N–H and O–H groups in total. The smallest absolute Gasteiger partial charge is 0.371 e. The molecule has 0 radical (unpaired) electrons. The van der Waals surface area contributed by atoms with Crippen LogP contribution in [0.3, 0.4) is 0 Å². The van der Waals surface area contributed by atoms with Gasteiger partial charge in [-0.05, 0) is 48.0 Å². The van der Waals surface area contributed by atoms with Crippen LogP contribution in [0.2, 0.25) is 6.04 Å². The molecule has 112 valence electrons. The van der Waals surface area contributed by atoms with E-state index in [1.165, 1.54) is 0 Å². The van der Waals surface area contributed by atoms with E-state index in [9.17, 15) is 4.79 Å². The van der Waals surface area contributed by atoms with E-state index in [4.69, 9.17) is 13.3 Å². The van der Waals surface area contributed by atoms with Crippen molar-refractivity contribution >= 4 is 14.9 Å². The normalized spacial score (nSPS) is 12.3. The number of aliphatic imine (C=N–C) groups is 1. The molecule has 0 aliphatic rings. The summed E-state index contributed by atoms with van der Waals surface area (Å²) < 4.78 is 18.0. The van der Waals surface area contributed by atoms with E-state index in [2.05, 4.69) is 4.99 Å². The molecule has 0 aromatic carbocycles. The van der Waals surface area contributed by atoms with Crippen molar-refractivity contribution in [2.24, 2.45) is 4.99 Å². The van der Waals surface area contributed by atoms with Crippen molar-refractivity contribution in [2.75, 3.05) is 6.54 Å². The van der Waals surface area contributed by atoms with Gasteiger partial charge < -0.3 is 13.3 Å². The Hall–Kier alpha value is -0.523. The average molecular weight is 289 g/mol. The molecule has 19 heavy (non-hydrogen) atoms. The van der Waals surface area contributed by atoms with Crippen LogP contribution in [0.25, 0.3) is 0 Å². The zero-order valence-corrected chi connectivity index (χ0v) is 13.9. The van der Waals surface area contributed by atoms with E-state index in [0.717, 1.165) is 0 Å². The van der Waals surface area contributed by atoms with Gasteiger partial charge in [-0.1, -0.05) is 0 Å². The maximum Gasteiger partial charge on any atom is 0.501 e. The molecule has 0 amide bonds. The molecule has 0 atom stereocenters. The summed E-state index contributed by atoms with van der Waals surface area (Å²) in [5, 5.41) is 0. The third-order valence-corrected chi connectivity index (χ3v) is 5.52. The topological polar surface area (TPSA) is 57.1 Å². The Bertz CT molecular complexity index is 262. The molecule has 0 saturated heterocycles. The van der Waals surface area contributed by atoms with E-state index >= 15 is 0 Å². The zero-order chi connectivity index (χ0) is 14.9. The van der Waals surface area contributed by atoms with Gasteiger partial charge in [0, 0.05) is 24.4 Å². The summed E-state index contributed by atoms with van der Waals surface area (Å²) in [6.45, 7) is 12.3. The highest BCUT2D eigenvalue weighted by atomic mass is 28.4. The number of hydrogen-bond acceptors (Lipinski definition) is 5. The van der Waals surface area contributed by atoms with Crippen LogP contribution < -0.4 is 0 Å². The van der Waals surface area contributed by atoms with Crippen LogP contribution in [0.4, 0.5) is 0 Å². The maximum absolute atomic E-state index is 10.1. The van der Waals surface area contributed by atoms with Gasteiger partial charge in [0.15, 0.2) is 0 Å². The molecular formula is C13H27NO4Si. The van der Waals surface area contributed by atoms with Gasteiger partial charge in [0.25, 0.3) is 0 Å². The first-order valence-electron chi connectivity index (χ1n) is 6.88. The number of nitrogens with zero attached hydrogens (tertiary/aromatic N) is 1. The van der Waals surface area contributed by atoms with Gasteiger partial charge in [0.05, 0.1) is 6.54 Å². The van der Waals surface area contributed by atoms with Gasteiger partial charge >= 0.3 is 8.80 Å². The quantitative estimate of drug-likeness (QED) is 0.268. The van der Waals surface area contributed by atoms with Gasteiger partial charge in [-0.15, -0.1) is 0 Å². The molecule has 5 nitrogen and oxygen atoms in total. The predicted octanol–water partition coefficient (Wildman–Crippen LogP) is 2.93. The highest BCUT2D eigenvalue weighted by Gasteiger charge is 2.43. The van der Waals surface area contributed by atoms with Crippen molar-refractivity contribution < 1.29 is 18.1 Å². The van der Waals surface area contributed by atoms with Crippen molar-refractivity contribution in [3.05, 3.63) is 0 Å². The second kappa shape index (κ2) is 9.39. The average Bonchev–Trinajstić information content (AvgIpc) is 2.21. The Morgan fingerprint density at radius 3 is 1.68 bits per heavy atom. The monoisotopic (exact) mass is 289 g/mol. The van der Waals surface area contributed by atoms with Crippen LogP contribution in [0.15, 0.2) is 4.99 Å². The van der Waals surface area contributed by atoms with E-state index in [0.29, 0.717) is 19.0 Å². The summed E-state index contributed by atoms with van der Waals surface area (Å²) >= 11 is 0. The first-order valence-corrected chi connectivity index (χ1v) is 8.81. The molecule has 0 aliphatic heterocycles. The lowest BCUT2D eigenvalue weighted by molar-refractivity contribution is 0.00301. The van der Waals surface area contributed by atoms with E-state index in [-0.39, 0.29) is 18.3 Å². The number of isocyanates is 1. The maximum atomic E-state index is 10.1. The van der Waals surface area contributed by atoms with Crippen LogP contribution in [0, 0.1) is 0 Å². The van der Waals surface area contributed by atoms with Crippen LogP contribution in [-0.2, 0) is 18.1 Å². The fourth-order valence-electron chi connectivity index (χ4n) is 1.76. The zero-order valence-electron chi connectivity index (χ0n) is 12.9. The minimum Gasteiger partial charge on any atom is -0.371 e. The molecule has 0 aliphatic carbocycles. The van der Waals surface area contributed by atoms with Gasteiger partial charge in [0.1, 0.15) is 0 Å². The standard InChI is InChI=1S/C13H27NO4Si/c1-11(2)16-19(17-12(3)4,18-13(5)6)9-7-8-14-10-15/h11-13H,7-9H2,1-6H3. The Balaban J connectivity index is 4.81. The molecule has 0 heterocycles. The molecule has 0 bridgehead atoms. The predicted molar refractivity (Wildman–Crippen MR) is 76.8 cm³/mol. The van der Waals surface area contributed by atoms with Crippen LogP contribution in [0.5, 0.6) is 0 Å². The summed E-state index contributed by atoms with van der Waals surface area (Å²) in [6.07, 6.45) is 2.37. The Morgan fingerprint density at radius 2 is 1.37 bits per heavy atom. The number of carbonyl (C=O) groups excluding carboxylic acids is 1. The lowest BCUT2D eigenvalue weighted by Gasteiger charge is -2.34. The van der Waals surface area contributed by atoms with Crippen molar-refractivity contribution in [1.82, 2.24) is 0 Å². The minimum atomic E-state index is -2.72. The molecule has 0 rings (SSSR count). The molecular weight excluding hydrogens is 262 g/mol. The molecule has 0 aromatic rings. The van der Waals surface area contributed by atoms with E-state index in [1.807, 2.05) is 41.5 Å². The Morgan fingerprint density at radius 1 is 0.947 bits per heavy atom. The Kier molecular flexibility index (Phi) is 9.13. The second-order valence-electron chi connectivity index (χ2n) is 5.26. The minimum absolute atomic E-state index is 0.0405. The van der Waals surface area contributed by atoms with Crippen molar-refractivity contribution in [3.63, 3.8) is 0 Å². The van der Waals surface area contributed by atoms with Crippen molar-refractivity contribution in [2.45, 2.75) is 72.3 Å². The summed E-state index contributed by atoms with van der Waals surface area (Å²) in [5.41, 5.74) is 0. The molecule has 0 aromatic heterocycles. The summed E-state index contributed by atoms with van der Waals surface area (Å²) in [4.78, 5) is 13.7. The molecule has 6 heteroatoms. The first kappa shape index (κ1) is 18.5. The number of hydrogen-bond donors (Lipinski definition) is 0. The van der Waals surface area contributed by atoms with Crippen LogP contribution in [-0.4, -0.2) is 39.7 Å². The molecule has 0 saturated carbocycles. The third kappa shape index (κ3) is 9.08. The highest BCUT2D eigenvalue weighted by molar-refractivity contribution is 6.60. The third-order valence-electron chi connectivity index (χ3n) is 2.06. The van der Waals surface area contributed by atoms with E-state index < -0.39 is 8.80 Å². The summed E-state index contributed by atoms with van der Waals surface area (Å²) in [6, 6.07) is 0.659. The van der Waals surface area contributed by atoms with Crippen molar-refractivity contribution in [3.8, 4) is 0 Å². The molecule has 0 spiro atoms. The van der Waals surface area contributed by atoms with E-state index in [1.54, 1.807) is 6.08 Å². The Labute approximate surface area is 117 Å². The van der Waals surface area contributed by atoms with Gasteiger partial charge in [-0.2, -0.15) is 0 Å². The van der Waals surface area contributed by atoms with Crippen LogP contribution in [0.1, 0.15) is 48.0 Å². The molecule has 0 unspecified atom stereocenters. The molecule has 0 fully saturated rings. The highest BCUT2D eigenvalue weighted by Crippen LogP contribution is 2.23. The van der Waals surface area contributed by atoms with Gasteiger partial charge in [-0.25, -0.2) is 9.79 Å². The van der Waals surface area contributed by atoms with Gasteiger partial charge in [0.2, 0.25) is 6.08 Å². The van der Waals surface area contributed by atoms with Crippen LogP contribution >= 0.6 is 0 Å². The summed E-state index contributed by atoms with van der Waals surface area (Å²) in [7, 11) is -2.72. The fraction of sp³-hybridized carbons (Fsp3) is 0.923.